The first kappa shape index (κ1) is 16.4. The van der Waals surface area contributed by atoms with Crippen LogP contribution in [0.4, 0.5) is 4.39 Å². The van der Waals surface area contributed by atoms with E-state index in [1.165, 1.54) is 23.1 Å². The first-order valence-electron chi connectivity index (χ1n) is 8.35. The average Bonchev–Trinajstić information content (AvgIpc) is 2.97. The van der Waals surface area contributed by atoms with Gasteiger partial charge in [0.25, 0.3) is 5.91 Å². The molecule has 0 unspecified atom stereocenters. The molecule has 5 nitrogen and oxygen atoms in total. The molecular weight excluding hydrogens is 337 g/mol. The Kier molecular flexibility index (Phi) is 4.03. The number of carbonyl (C=O) groups excluding carboxylic acids is 1. The van der Waals surface area contributed by atoms with Crippen LogP contribution in [0.15, 0.2) is 46.9 Å². The maximum atomic E-state index is 13.4. The van der Waals surface area contributed by atoms with E-state index >= 15 is 0 Å². The average molecular weight is 355 g/mol. The van der Waals surface area contributed by atoms with Crippen LogP contribution in [0.25, 0.3) is 11.0 Å². The van der Waals surface area contributed by atoms with Crippen LogP contribution in [0, 0.1) is 12.7 Å². The van der Waals surface area contributed by atoms with E-state index in [0.717, 1.165) is 0 Å². The lowest BCUT2D eigenvalue weighted by Gasteiger charge is -2.29. The SMILES string of the molecule is Cc1c(C(=O)N(C)C[C@@H]2COc3ccccc3O2)oc2ccc(F)cc12. The number of para-hydroxylation sites is 2. The predicted molar refractivity (Wildman–Crippen MR) is 94.2 cm³/mol. The number of nitrogens with zero attached hydrogens (tertiary/aromatic N) is 1. The number of carbonyl (C=O) groups is 1. The summed E-state index contributed by atoms with van der Waals surface area (Å²) in [5, 5.41) is 0.605. The van der Waals surface area contributed by atoms with Gasteiger partial charge >= 0.3 is 0 Å². The maximum absolute atomic E-state index is 13.4. The van der Waals surface area contributed by atoms with Crippen molar-refractivity contribution >= 4 is 16.9 Å². The van der Waals surface area contributed by atoms with Gasteiger partial charge in [-0.25, -0.2) is 4.39 Å². The molecule has 1 amide bonds. The van der Waals surface area contributed by atoms with Gasteiger partial charge in [0.1, 0.15) is 18.0 Å². The van der Waals surface area contributed by atoms with Crippen molar-refractivity contribution < 1.29 is 23.1 Å². The highest BCUT2D eigenvalue weighted by atomic mass is 19.1. The minimum absolute atomic E-state index is 0.213. The van der Waals surface area contributed by atoms with Crippen molar-refractivity contribution in [2.45, 2.75) is 13.0 Å². The maximum Gasteiger partial charge on any atom is 0.289 e. The van der Waals surface area contributed by atoms with E-state index in [4.69, 9.17) is 13.9 Å². The highest BCUT2D eigenvalue weighted by molar-refractivity contribution is 5.98. The van der Waals surface area contributed by atoms with Gasteiger partial charge in [-0.05, 0) is 37.3 Å². The molecule has 0 saturated heterocycles. The number of fused-ring (bicyclic) bond motifs is 2. The van der Waals surface area contributed by atoms with Crippen molar-refractivity contribution in [3.05, 3.63) is 59.6 Å². The van der Waals surface area contributed by atoms with E-state index in [2.05, 4.69) is 0 Å². The minimum Gasteiger partial charge on any atom is -0.486 e. The summed E-state index contributed by atoms with van der Waals surface area (Å²) in [5.41, 5.74) is 1.12. The van der Waals surface area contributed by atoms with Gasteiger partial charge < -0.3 is 18.8 Å². The summed E-state index contributed by atoms with van der Waals surface area (Å²) in [6.45, 7) is 2.46. The highest BCUT2D eigenvalue weighted by Crippen LogP contribution is 2.31. The summed E-state index contributed by atoms with van der Waals surface area (Å²) in [4.78, 5) is 14.3. The standard InChI is InChI=1S/C20H18FNO4/c1-12-15-9-13(21)7-8-16(15)26-19(12)20(23)22(2)10-14-11-24-17-5-3-4-6-18(17)25-14/h3-9,14H,10-11H2,1-2H3/t14-/m1/s1. The van der Waals surface area contributed by atoms with Gasteiger partial charge in [-0.3, -0.25) is 4.79 Å². The zero-order valence-corrected chi connectivity index (χ0v) is 14.5. The van der Waals surface area contributed by atoms with E-state index in [1.54, 1.807) is 14.0 Å². The smallest absolute Gasteiger partial charge is 0.289 e. The Balaban J connectivity index is 1.51. The monoisotopic (exact) mass is 355 g/mol. The summed E-state index contributed by atoms with van der Waals surface area (Å²) < 4.78 is 30.7. The van der Waals surface area contributed by atoms with Crippen LogP contribution in [-0.2, 0) is 0 Å². The normalized spacial score (nSPS) is 15.9. The van der Waals surface area contributed by atoms with Crippen LogP contribution in [0.2, 0.25) is 0 Å². The number of amides is 1. The lowest BCUT2D eigenvalue weighted by Crippen LogP contribution is -2.41. The molecule has 0 fully saturated rings. The fourth-order valence-corrected chi connectivity index (χ4v) is 3.11. The molecule has 0 aliphatic carbocycles. The Morgan fingerprint density at radius 2 is 2.00 bits per heavy atom. The van der Waals surface area contributed by atoms with Crippen LogP contribution < -0.4 is 9.47 Å². The third-order valence-corrected chi connectivity index (χ3v) is 4.48. The fourth-order valence-electron chi connectivity index (χ4n) is 3.11. The number of hydrogen-bond donors (Lipinski definition) is 0. The van der Waals surface area contributed by atoms with Gasteiger partial charge in [-0.15, -0.1) is 0 Å². The second-order valence-corrected chi connectivity index (χ2v) is 6.38. The molecule has 0 radical (unpaired) electrons. The molecular formula is C20H18FNO4. The van der Waals surface area contributed by atoms with E-state index < -0.39 is 0 Å². The molecule has 1 atom stereocenters. The number of likely N-dealkylation sites (N-methyl/N-ethyl adjacent to an activating group) is 1. The van der Waals surface area contributed by atoms with Gasteiger partial charge in [0, 0.05) is 18.0 Å². The number of furan rings is 1. The summed E-state index contributed by atoms with van der Waals surface area (Å²) >= 11 is 0. The molecule has 0 spiro atoms. The second kappa shape index (κ2) is 6.37. The van der Waals surface area contributed by atoms with Crippen LogP contribution in [-0.4, -0.2) is 37.1 Å². The number of hydrogen-bond acceptors (Lipinski definition) is 4. The molecule has 4 rings (SSSR count). The van der Waals surface area contributed by atoms with Crippen molar-refractivity contribution in [1.82, 2.24) is 4.90 Å². The van der Waals surface area contributed by atoms with Gasteiger partial charge in [0.05, 0.1) is 6.54 Å². The first-order valence-corrected chi connectivity index (χ1v) is 8.35. The zero-order chi connectivity index (χ0) is 18.3. The molecule has 26 heavy (non-hydrogen) atoms. The summed E-state index contributed by atoms with van der Waals surface area (Å²) in [6.07, 6.45) is -0.277. The Hall–Kier alpha value is -3.02. The van der Waals surface area contributed by atoms with E-state index in [0.29, 0.717) is 41.2 Å². The number of ether oxygens (including phenoxy) is 2. The third-order valence-electron chi connectivity index (χ3n) is 4.48. The molecule has 0 saturated carbocycles. The van der Waals surface area contributed by atoms with Crippen molar-refractivity contribution in [2.75, 3.05) is 20.2 Å². The van der Waals surface area contributed by atoms with Crippen molar-refractivity contribution in [1.29, 1.82) is 0 Å². The molecule has 2 aromatic carbocycles. The van der Waals surface area contributed by atoms with Gasteiger partial charge in [-0.1, -0.05) is 12.1 Å². The van der Waals surface area contributed by atoms with Crippen LogP contribution in [0.3, 0.4) is 0 Å². The lowest BCUT2D eigenvalue weighted by atomic mass is 10.1. The molecule has 0 N–H and O–H groups in total. The molecule has 3 aromatic rings. The van der Waals surface area contributed by atoms with E-state index in [1.807, 2.05) is 24.3 Å². The number of aryl methyl sites for hydroxylation is 1. The predicted octanol–water partition coefficient (Wildman–Crippen LogP) is 3.79. The van der Waals surface area contributed by atoms with Crippen LogP contribution in [0.1, 0.15) is 16.1 Å². The largest absolute Gasteiger partial charge is 0.486 e. The van der Waals surface area contributed by atoms with Crippen LogP contribution in [0.5, 0.6) is 11.5 Å². The molecule has 6 heteroatoms. The Labute approximate surface area is 149 Å². The van der Waals surface area contributed by atoms with Gasteiger partial charge in [0.15, 0.2) is 23.4 Å². The van der Waals surface area contributed by atoms with Crippen molar-refractivity contribution in [2.24, 2.45) is 0 Å². The number of halogens is 1. The third kappa shape index (κ3) is 2.87. The second-order valence-electron chi connectivity index (χ2n) is 6.38. The summed E-state index contributed by atoms with van der Waals surface area (Å²) in [6, 6.07) is 11.7. The Morgan fingerprint density at radius 3 is 2.81 bits per heavy atom. The van der Waals surface area contributed by atoms with Gasteiger partial charge in [0.2, 0.25) is 0 Å². The molecule has 1 aliphatic rings. The first-order chi connectivity index (χ1) is 12.5. The molecule has 0 bridgehead atoms. The molecule has 1 aromatic heterocycles. The van der Waals surface area contributed by atoms with E-state index in [9.17, 15) is 9.18 Å². The number of benzene rings is 2. The quantitative estimate of drug-likeness (QED) is 0.717. The Bertz CT molecular complexity index is 981. The highest BCUT2D eigenvalue weighted by Gasteiger charge is 2.27. The fraction of sp³-hybridized carbons (Fsp3) is 0.250. The van der Waals surface area contributed by atoms with Crippen molar-refractivity contribution in [3.8, 4) is 11.5 Å². The van der Waals surface area contributed by atoms with Crippen LogP contribution >= 0.6 is 0 Å². The topological polar surface area (TPSA) is 51.9 Å². The van der Waals surface area contributed by atoms with E-state index in [-0.39, 0.29) is 23.6 Å². The van der Waals surface area contributed by atoms with Crippen molar-refractivity contribution in [3.63, 3.8) is 0 Å². The number of rotatable bonds is 3. The summed E-state index contributed by atoms with van der Waals surface area (Å²) in [5.74, 6) is 0.944. The van der Waals surface area contributed by atoms with Gasteiger partial charge in [-0.2, -0.15) is 0 Å². The zero-order valence-electron chi connectivity index (χ0n) is 14.5. The Morgan fingerprint density at radius 1 is 1.23 bits per heavy atom. The summed E-state index contributed by atoms with van der Waals surface area (Å²) in [7, 11) is 1.68. The molecule has 134 valence electrons. The minimum atomic E-state index is -0.361. The molecule has 2 heterocycles. The lowest BCUT2D eigenvalue weighted by molar-refractivity contribution is 0.0502. The molecule has 1 aliphatic heterocycles.